The fraction of sp³-hybridized carbons (Fsp3) is 0.556. The van der Waals surface area contributed by atoms with Crippen LogP contribution in [-0.4, -0.2) is 9.97 Å². The lowest BCUT2D eigenvalue weighted by Gasteiger charge is -2.07. The average Bonchev–Trinajstić information content (AvgIpc) is 2.56. The van der Waals surface area contributed by atoms with Gasteiger partial charge in [-0.3, -0.25) is 0 Å². The lowest BCUT2D eigenvalue weighted by atomic mass is 10.0. The molecule has 0 amide bonds. The summed E-state index contributed by atoms with van der Waals surface area (Å²) in [4.78, 5) is 7.12. The highest BCUT2D eigenvalue weighted by molar-refractivity contribution is 7.71. The van der Waals surface area contributed by atoms with Gasteiger partial charge in [-0.15, -0.1) is 0 Å². The zero-order valence-corrected chi connectivity index (χ0v) is 7.73. The van der Waals surface area contributed by atoms with Crippen LogP contribution in [0.3, 0.4) is 0 Å². The summed E-state index contributed by atoms with van der Waals surface area (Å²) >= 11 is 4.97. The Kier molecular flexibility index (Phi) is 2.21. The molecule has 1 N–H and O–H groups in total. The third-order valence-corrected chi connectivity index (χ3v) is 2.70. The van der Waals surface area contributed by atoms with Crippen molar-refractivity contribution in [1.29, 1.82) is 0 Å². The summed E-state index contributed by atoms with van der Waals surface area (Å²) in [6, 6.07) is 2.05. The molecule has 0 aliphatic heterocycles. The largest absolute Gasteiger partial charge is 0.334 e. The molecule has 0 radical (unpaired) electrons. The molecule has 64 valence electrons. The Labute approximate surface area is 77.0 Å². The molecular formula is C9H12N2S. The van der Waals surface area contributed by atoms with E-state index in [1.165, 1.54) is 31.4 Å². The van der Waals surface area contributed by atoms with Crippen molar-refractivity contribution in [3.05, 3.63) is 22.7 Å². The van der Waals surface area contributed by atoms with Crippen LogP contribution in [0, 0.1) is 4.77 Å². The molecule has 1 fully saturated rings. The summed E-state index contributed by atoms with van der Waals surface area (Å²) in [7, 11) is 0. The molecule has 12 heavy (non-hydrogen) atoms. The van der Waals surface area contributed by atoms with E-state index in [4.69, 9.17) is 12.2 Å². The van der Waals surface area contributed by atoms with Crippen molar-refractivity contribution in [1.82, 2.24) is 9.97 Å². The minimum Gasteiger partial charge on any atom is -0.334 e. The highest BCUT2D eigenvalue weighted by Gasteiger charge is 2.16. The first-order valence-corrected chi connectivity index (χ1v) is 4.82. The summed E-state index contributed by atoms with van der Waals surface area (Å²) in [5.41, 5.74) is 1.27. The molecule has 0 spiro atoms. The van der Waals surface area contributed by atoms with E-state index in [9.17, 15) is 0 Å². The van der Waals surface area contributed by atoms with Crippen molar-refractivity contribution >= 4 is 12.2 Å². The van der Waals surface area contributed by atoms with Gasteiger partial charge in [0, 0.05) is 11.9 Å². The van der Waals surface area contributed by atoms with Crippen LogP contribution in [0.1, 0.15) is 37.3 Å². The van der Waals surface area contributed by atoms with E-state index in [0.29, 0.717) is 10.7 Å². The van der Waals surface area contributed by atoms with Crippen molar-refractivity contribution in [2.45, 2.75) is 31.6 Å². The second-order valence-electron chi connectivity index (χ2n) is 3.31. The fourth-order valence-electron chi connectivity index (χ4n) is 1.86. The highest BCUT2D eigenvalue weighted by Crippen LogP contribution is 2.32. The van der Waals surface area contributed by atoms with Crippen LogP contribution in [-0.2, 0) is 0 Å². The van der Waals surface area contributed by atoms with Gasteiger partial charge >= 0.3 is 0 Å². The predicted octanol–water partition coefficient (Wildman–Crippen LogP) is 2.80. The Balaban J connectivity index is 2.27. The Hall–Kier alpha value is -0.700. The topological polar surface area (TPSA) is 28.7 Å². The van der Waals surface area contributed by atoms with E-state index in [2.05, 4.69) is 9.97 Å². The van der Waals surface area contributed by atoms with Crippen LogP contribution in [0.2, 0.25) is 0 Å². The van der Waals surface area contributed by atoms with Gasteiger partial charge in [0.1, 0.15) is 0 Å². The first-order valence-electron chi connectivity index (χ1n) is 4.41. The third kappa shape index (κ3) is 1.55. The van der Waals surface area contributed by atoms with Gasteiger partial charge in [0.15, 0.2) is 4.77 Å². The van der Waals surface area contributed by atoms with Gasteiger partial charge in [-0.05, 0) is 37.0 Å². The summed E-state index contributed by atoms with van der Waals surface area (Å²) in [5.74, 6) is 0.703. The molecule has 1 aromatic heterocycles. The van der Waals surface area contributed by atoms with Crippen molar-refractivity contribution in [3.8, 4) is 0 Å². The molecule has 1 saturated carbocycles. The lowest BCUT2D eigenvalue weighted by molar-refractivity contribution is 0.692. The van der Waals surface area contributed by atoms with Crippen LogP contribution in [0.5, 0.6) is 0 Å². The van der Waals surface area contributed by atoms with Gasteiger partial charge < -0.3 is 4.98 Å². The first-order chi connectivity index (χ1) is 5.86. The van der Waals surface area contributed by atoms with Gasteiger partial charge in [-0.25, -0.2) is 4.98 Å². The second kappa shape index (κ2) is 3.35. The smallest absolute Gasteiger partial charge is 0.196 e. The van der Waals surface area contributed by atoms with Gasteiger partial charge in [-0.2, -0.15) is 0 Å². The number of nitrogens with one attached hydrogen (secondary N) is 1. The molecule has 1 aliphatic carbocycles. The van der Waals surface area contributed by atoms with Crippen molar-refractivity contribution < 1.29 is 0 Å². The molecule has 0 unspecified atom stereocenters. The fourth-order valence-corrected chi connectivity index (χ4v) is 2.04. The molecule has 0 atom stereocenters. The second-order valence-corrected chi connectivity index (χ2v) is 3.70. The molecule has 1 aliphatic rings. The highest BCUT2D eigenvalue weighted by atomic mass is 32.1. The molecule has 0 bridgehead atoms. The normalized spacial score (nSPS) is 18.3. The molecular weight excluding hydrogens is 168 g/mol. The maximum absolute atomic E-state index is 4.97. The Morgan fingerprint density at radius 1 is 1.42 bits per heavy atom. The van der Waals surface area contributed by atoms with Crippen LogP contribution in [0.25, 0.3) is 0 Å². The van der Waals surface area contributed by atoms with Crippen molar-refractivity contribution in [3.63, 3.8) is 0 Å². The van der Waals surface area contributed by atoms with E-state index >= 15 is 0 Å². The van der Waals surface area contributed by atoms with Crippen molar-refractivity contribution in [2.75, 3.05) is 0 Å². The number of nitrogens with zero attached hydrogens (tertiary/aromatic N) is 1. The van der Waals surface area contributed by atoms with Gasteiger partial charge in [0.25, 0.3) is 0 Å². The zero-order chi connectivity index (χ0) is 8.39. The Morgan fingerprint density at radius 3 is 2.83 bits per heavy atom. The van der Waals surface area contributed by atoms with Gasteiger partial charge in [-0.1, -0.05) is 12.8 Å². The molecule has 1 heterocycles. The van der Waals surface area contributed by atoms with Crippen LogP contribution in [0.4, 0.5) is 0 Å². The summed E-state index contributed by atoms with van der Waals surface area (Å²) < 4.78 is 0.611. The average molecular weight is 180 g/mol. The van der Waals surface area contributed by atoms with Gasteiger partial charge in [0.2, 0.25) is 0 Å². The molecule has 2 nitrogen and oxygen atoms in total. The zero-order valence-electron chi connectivity index (χ0n) is 6.92. The van der Waals surface area contributed by atoms with Crippen LogP contribution < -0.4 is 0 Å². The Bertz CT molecular complexity index is 312. The minimum absolute atomic E-state index is 0.611. The van der Waals surface area contributed by atoms with E-state index < -0.39 is 0 Å². The summed E-state index contributed by atoms with van der Waals surface area (Å²) in [6.07, 6.45) is 7.11. The van der Waals surface area contributed by atoms with E-state index in [-0.39, 0.29) is 0 Å². The molecule has 3 heteroatoms. The maximum atomic E-state index is 4.97. The van der Waals surface area contributed by atoms with E-state index in [1.807, 2.05) is 6.07 Å². The van der Waals surface area contributed by atoms with Crippen molar-refractivity contribution in [2.24, 2.45) is 0 Å². The molecule has 0 aromatic carbocycles. The first kappa shape index (κ1) is 7.92. The number of aromatic nitrogens is 2. The Morgan fingerprint density at radius 2 is 2.17 bits per heavy atom. The van der Waals surface area contributed by atoms with Gasteiger partial charge in [0.05, 0.1) is 0 Å². The number of aromatic amines is 1. The van der Waals surface area contributed by atoms with E-state index in [0.717, 1.165) is 0 Å². The third-order valence-electron chi connectivity index (χ3n) is 2.49. The molecule has 0 saturated heterocycles. The van der Waals surface area contributed by atoms with Crippen LogP contribution in [0.15, 0.2) is 12.3 Å². The number of hydrogen-bond donors (Lipinski definition) is 1. The molecule has 2 rings (SSSR count). The number of hydrogen-bond acceptors (Lipinski definition) is 2. The molecule has 1 aromatic rings. The number of H-pyrrole nitrogens is 1. The minimum atomic E-state index is 0.611. The summed E-state index contributed by atoms with van der Waals surface area (Å²) in [6.45, 7) is 0. The predicted molar refractivity (Wildman–Crippen MR) is 50.6 cm³/mol. The summed E-state index contributed by atoms with van der Waals surface area (Å²) in [5, 5.41) is 0. The lowest BCUT2D eigenvalue weighted by Crippen LogP contribution is -1.96. The van der Waals surface area contributed by atoms with Crippen LogP contribution >= 0.6 is 12.2 Å². The number of rotatable bonds is 1. The monoisotopic (exact) mass is 180 g/mol. The maximum Gasteiger partial charge on any atom is 0.196 e. The van der Waals surface area contributed by atoms with E-state index in [1.54, 1.807) is 6.20 Å². The quantitative estimate of drug-likeness (QED) is 0.673. The SMILES string of the molecule is S=c1nccc(C2CCCC2)[nH]1. The standard InChI is InChI=1S/C9H12N2S/c12-9-10-6-5-8(11-9)7-3-1-2-4-7/h5-7H,1-4H2,(H,10,11,12).